The van der Waals surface area contributed by atoms with Gasteiger partial charge >= 0.3 is 0 Å². The highest BCUT2D eigenvalue weighted by molar-refractivity contribution is 5.77. The first-order valence-corrected chi connectivity index (χ1v) is 6.47. The van der Waals surface area contributed by atoms with Gasteiger partial charge in [-0.25, -0.2) is 0 Å². The number of rotatable bonds is 0. The van der Waals surface area contributed by atoms with Gasteiger partial charge in [0.1, 0.15) is 11.4 Å². The molecule has 0 saturated heterocycles. The lowest BCUT2D eigenvalue weighted by Crippen LogP contribution is -2.36. The van der Waals surface area contributed by atoms with Crippen LogP contribution in [0.4, 0.5) is 11.4 Å². The van der Waals surface area contributed by atoms with E-state index in [1.807, 2.05) is 6.07 Å². The number of hydrogen-bond donors (Lipinski definition) is 2. The normalized spacial score (nSPS) is 22.1. The van der Waals surface area contributed by atoms with Crippen molar-refractivity contribution >= 4 is 11.4 Å². The average Bonchev–Trinajstić information content (AvgIpc) is 2.69. The molecular weight excluding hydrogens is 212 g/mol. The van der Waals surface area contributed by atoms with Gasteiger partial charge in [0.15, 0.2) is 0 Å². The van der Waals surface area contributed by atoms with Crippen molar-refractivity contribution in [3.63, 3.8) is 0 Å². The Hall–Kier alpha value is -1.38. The summed E-state index contributed by atoms with van der Waals surface area (Å²) in [5, 5.41) is 13.5. The van der Waals surface area contributed by atoms with Crippen LogP contribution < -0.4 is 10.2 Å². The van der Waals surface area contributed by atoms with E-state index in [-0.39, 0.29) is 0 Å². The Bertz CT molecular complexity index is 424. The molecule has 0 bridgehead atoms. The summed E-state index contributed by atoms with van der Waals surface area (Å²) in [5.74, 6) is 0.382. The minimum Gasteiger partial charge on any atom is -0.506 e. The number of phenolic OH excluding ortho intramolecular Hbond substituents is 1. The third-order valence-electron chi connectivity index (χ3n) is 4.29. The van der Waals surface area contributed by atoms with E-state index in [0.29, 0.717) is 11.2 Å². The molecule has 2 N–H and O–H groups in total. The fraction of sp³-hybridized carbons (Fsp3) is 0.571. The molecule has 0 radical (unpaired) electrons. The smallest absolute Gasteiger partial charge is 0.141 e. The Morgan fingerprint density at radius 2 is 2.06 bits per heavy atom. The number of para-hydroxylation sites is 1. The third-order valence-corrected chi connectivity index (χ3v) is 4.29. The van der Waals surface area contributed by atoms with Crippen LogP contribution in [-0.2, 0) is 0 Å². The van der Waals surface area contributed by atoms with E-state index < -0.39 is 0 Å². The van der Waals surface area contributed by atoms with Crippen molar-refractivity contribution in [1.29, 1.82) is 0 Å². The van der Waals surface area contributed by atoms with Gasteiger partial charge in [0, 0.05) is 25.6 Å². The second-order valence-electron chi connectivity index (χ2n) is 5.59. The van der Waals surface area contributed by atoms with E-state index in [2.05, 4.69) is 23.3 Å². The summed E-state index contributed by atoms with van der Waals surface area (Å²) in [6.07, 6.45) is 5.30. The topological polar surface area (TPSA) is 35.5 Å². The number of anilines is 2. The van der Waals surface area contributed by atoms with Gasteiger partial charge in [-0.05, 0) is 25.0 Å². The first-order chi connectivity index (χ1) is 8.20. The van der Waals surface area contributed by atoms with Crippen molar-refractivity contribution in [3.8, 4) is 5.75 Å². The van der Waals surface area contributed by atoms with Gasteiger partial charge in [0.05, 0.1) is 5.69 Å². The van der Waals surface area contributed by atoms with Crippen LogP contribution in [0.3, 0.4) is 0 Å². The number of aromatic hydroxyl groups is 1. The zero-order valence-electron chi connectivity index (χ0n) is 10.4. The standard InChI is InChI=1S/C14H20N2O/c1-16-10-14(7-2-3-8-14)9-15-11-5-4-6-12(17)13(11)16/h4-6,15,17H,2-3,7-10H2,1H3. The molecule has 0 amide bonds. The lowest BCUT2D eigenvalue weighted by Gasteiger charge is -2.31. The van der Waals surface area contributed by atoms with Crippen molar-refractivity contribution in [1.82, 2.24) is 0 Å². The van der Waals surface area contributed by atoms with Crippen LogP contribution in [0.25, 0.3) is 0 Å². The number of nitrogens with zero attached hydrogens (tertiary/aromatic N) is 1. The van der Waals surface area contributed by atoms with Gasteiger partial charge in [-0.1, -0.05) is 18.9 Å². The predicted molar refractivity (Wildman–Crippen MR) is 70.8 cm³/mol. The quantitative estimate of drug-likeness (QED) is 0.722. The van der Waals surface area contributed by atoms with Crippen LogP contribution in [0.5, 0.6) is 5.75 Å². The zero-order valence-corrected chi connectivity index (χ0v) is 10.4. The summed E-state index contributed by atoms with van der Waals surface area (Å²) < 4.78 is 0. The number of phenols is 1. The molecule has 92 valence electrons. The molecule has 1 aromatic rings. The molecule has 3 nitrogen and oxygen atoms in total. The maximum Gasteiger partial charge on any atom is 0.141 e. The summed E-state index contributed by atoms with van der Waals surface area (Å²) in [7, 11) is 2.09. The van der Waals surface area contributed by atoms with Crippen LogP contribution >= 0.6 is 0 Å². The molecule has 17 heavy (non-hydrogen) atoms. The SMILES string of the molecule is CN1CC2(CCCC2)CNc2cccc(O)c21. The number of hydrogen-bond acceptors (Lipinski definition) is 3. The molecule has 1 fully saturated rings. The average molecular weight is 232 g/mol. The van der Waals surface area contributed by atoms with Crippen LogP contribution in [0.2, 0.25) is 0 Å². The van der Waals surface area contributed by atoms with E-state index in [0.717, 1.165) is 24.5 Å². The highest BCUT2D eigenvalue weighted by atomic mass is 16.3. The van der Waals surface area contributed by atoms with E-state index in [4.69, 9.17) is 0 Å². The summed E-state index contributed by atoms with van der Waals surface area (Å²) in [4.78, 5) is 2.22. The van der Waals surface area contributed by atoms with Gasteiger partial charge in [0.2, 0.25) is 0 Å². The minimum absolute atomic E-state index is 0.382. The Kier molecular flexibility index (Phi) is 2.42. The second kappa shape index (κ2) is 3.83. The van der Waals surface area contributed by atoms with Crippen molar-refractivity contribution in [2.45, 2.75) is 25.7 Å². The lowest BCUT2D eigenvalue weighted by molar-refractivity contribution is 0.330. The van der Waals surface area contributed by atoms with Crippen LogP contribution in [0.15, 0.2) is 18.2 Å². The molecule has 1 aromatic carbocycles. The van der Waals surface area contributed by atoms with E-state index in [1.54, 1.807) is 6.07 Å². The molecule has 3 heteroatoms. The van der Waals surface area contributed by atoms with Crippen LogP contribution in [-0.4, -0.2) is 25.2 Å². The number of benzene rings is 1. The molecule has 1 spiro atoms. The summed E-state index contributed by atoms with van der Waals surface area (Å²) >= 11 is 0. The molecule has 1 aliphatic carbocycles. The summed E-state index contributed by atoms with van der Waals surface area (Å²) in [6, 6.07) is 5.73. The van der Waals surface area contributed by atoms with E-state index in [1.165, 1.54) is 25.7 Å². The first-order valence-electron chi connectivity index (χ1n) is 6.47. The Morgan fingerprint density at radius 3 is 2.82 bits per heavy atom. The molecule has 2 aliphatic rings. The summed E-state index contributed by atoms with van der Waals surface area (Å²) in [6.45, 7) is 2.08. The molecule has 1 heterocycles. The van der Waals surface area contributed by atoms with Gasteiger partial charge in [-0.2, -0.15) is 0 Å². The largest absolute Gasteiger partial charge is 0.506 e. The van der Waals surface area contributed by atoms with E-state index in [9.17, 15) is 5.11 Å². The second-order valence-corrected chi connectivity index (χ2v) is 5.59. The van der Waals surface area contributed by atoms with Crippen LogP contribution in [0, 0.1) is 5.41 Å². The monoisotopic (exact) mass is 232 g/mol. The van der Waals surface area contributed by atoms with Crippen molar-refractivity contribution < 1.29 is 5.11 Å². The number of fused-ring (bicyclic) bond motifs is 1. The third kappa shape index (κ3) is 1.74. The molecule has 1 aliphatic heterocycles. The Morgan fingerprint density at radius 1 is 1.29 bits per heavy atom. The van der Waals surface area contributed by atoms with Gasteiger partial charge in [-0.15, -0.1) is 0 Å². The van der Waals surface area contributed by atoms with Crippen molar-refractivity contribution in [2.24, 2.45) is 5.41 Å². The number of nitrogens with one attached hydrogen (secondary N) is 1. The minimum atomic E-state index is 0.382. The van der Waals surface area contributed by atoms with Gasteiger partial charge in [-0.3, -0.25) is 0 Å². The van der Waals surface area contributed by atoms with Gasteiger partial charge < -0.3 is 15.3 Å². The molecule has 0 aromatic heterocycles. The molecule has 1 saturated carbocycles. The van der Waals surface area contributed by atoms with E-state index >= 15 is 0 Å². The predicted octanol–water partition coefficient (Wildman–Crippen LogP) is 2.81. The highest BCUT2D eigenvalue weighted by Gasteiger charge is 2.37. The lowest BCUT2D eigenvalue weighted by atomic mass is 9.86. The van der Waals surface area contributed by atoms with Gasteiger partial charge in [0.25, 0.3) is 0 Å². The molecule has 0 atom stereocenters. The maximum atomic E-state index is 10.0. The van der Waals surface area contributed by atoms with Crippen molar-refractivity contribution in [3.05, 3.63) is 18.2 Å². The van der Waals surface area contributed by atoms with Crippen molar-refractivity contribution in [2.75, 3.05) is 30.4 Å². The fourth-order valence-corrected chi connectivity index (χ4v) is 3.46. The molecule has 0 unspecified atom stereocenters. The molecule has 3 rings (SSSR count). The fourth-order valence-electron chi connectivity index (χ4n) is 3.46. The summed E-state index contributed by atoms with van der Waals surface area (Å²) in [5.41, 5.74) is 2.42. The highest BCUT2D eigenvalue weighted by Crippen LogP contribution is 2.45. The van der Waals surface area contributed by atoms with Crippen LogP contribution in [0.1, 0.15) is 25.7 Å². The first kappa shape index (κ1) is 10.8. The maximum absolute atomic E-state index is 10.0. The Balaban J connectivity index is 1.97. The zero-order chi connectivity index (χ0) is 11.9. The molecular formula is C14H20N2O. The Labute approximate surface area is 102 Å².